The Kier molecular flexibility index (Phi) is 4.23. The van der Waals surface area contributed by atoms with Gasteiger partial charge in [-0.25, -0.2) is 9.18 Å². The summed E-state index contributed by atoms with van der Waals surface area (Å²) >= 11 is 0. The van der Waals surface area contributed by atoms with Crippen molar-refractivity contribution in [2.45, 2.75) is 13.0 Å². The Morgan fingerprint density at radius 2 is 2.29 bits per heavy atom. The number of halogens is 1. The molecule has 0 radical (unpaired) electrons. The Bertz CT molecular complexity index is 491. The maximum atomic E-state index is 13.2. The molecule has 0 aromatic heterocycles. The summed E-state index contributed by atoms with van der Waals surface area (Å²) in [6, 6.07) is 5.60. The van der Waals surface area contributed by atoms with E-state index in [1.54, 1.807) is 0 Å². The normalized spacial score (nSPS) is 12.1. The van der Waals surface area contributed by atoms with Crippen molar-refractivity contribution in [2.75, 3.05) is 0 Å². The van der Waals surface area contributed by atoms with Crippen LogP contribution in [0, 0.1) is 17.1 Å². The predicted molar refractivity (Wildman–Crippen MR) is 58.8 cm³/mol. The summed E-state index contributed by atoms with van der Waals surface area (Å²) < 4.78 is 18.3. The molecule has 0 aliphatic carbocycles. The molecule has 0 aliphatic heterocycles. The van der Waals surface area contributed by atoms with Gasteiger partial charge in [-0.15, -0.1) is 0 Å². The number of hydrogen-bond acceptors (Lipinski definition) is 3. The molecule has 0 fully saturated rings. The number of ether oxygens (including phenoxy) is 1. The number of carboxylic acid groups (broad SMARTS) is 1. The van der Waals surface area contributed by atoms with Gasteiger partial charge < -0.3 is 9.84 Å². The molecule has 88 valence electrons. The zero-order chi connectivity index (χ0) is 12.8. The summed E-state index contributed by atoms with van der Waals surface area (Å²) in [7, 11) is 0. The lowest BCUT2D eigenvalue weighted by atomic mass is 10.2. The summed E-state index contributed by atoms with van der Waals surface area (Å²) in [4.78, 5) is 10.3. The number of nitriles is 1. The minimum Gasteiger partial charge on any atom is -0.478 e. The Balaban J connectivity index is 2.94. The third-order valence-corrected chi connectivity index (χ3v) is 1.81. The molecule has 0 aliphatic rings. The van der Waals surface area contributed by atoms with E-state index in [0.717, 1.165) is 12.1 Å². The van der Waals surface area contributed by atoms with Crippen LogP contribution in [0.4, 0.5) is 4.39 Å². The molecular weight excluding hydrogens is 225 g/mol. The molecule has 1 N–H and O–H groups in total. The minimum atomic E-state index is -1.12. The maximum Gasteiger partial charge on any atom is 0.328 e. The Morgan fingerprint density at radius 1 is 1.59 bits per heavy atom. The van der Waals surface area contributed by atoms with Crippen LogP contribution in [0.15, 0.2) is 24.3 Å². The largest absolute Gasteiger partial charge is 0.478 e. The third-order valence-electron chi connectivity index (χ3n) is 1.81. The summed E-state index contributed by atoms with van der Waals surface area (Å²) in [5.41, 5.74) is 0.354. The summed E-state index contributed by atoms with van der Waals surface area (Å²) in [6.07, 6.45) is 1.44. The fourth-order valence-corrected chi connectivity index (χ4v) is 1.15. The molecule has 5 heteroatoms. The monoisotopic (exact) mass is 235 g/mol. The second-order valence-electron chi connectivity index (χ2n) is 3.28. The van der Waals surface area contributed by atoms with Gasteiger partial charge in [0.15, 0.2) is 6.10 Å². The molecule has 0 amide bonds. The van der Waals surface area contributed by atoms with E-state index in [1.807, 2.05) is 6.07 Å². The Labute approximate surface area is 97.6 Å². The topological polar surface area (TPSA) is 70.3 Å². The quantitative estimate of drug-likeness (QED) is 0.812. The molecule has 0 heterocycles. The van der Waals surface area contributed by atoms with Crippen molar-refractivity contribution in [3.05, 3.63) is 35.7 Å². The van der Waals surface area contributed by atoms with E-state index in [2.05, 4.69) is 0 Å². The molecule has 0 spiro atoms. The Hall–Kier alpha value is -2.35. The highest BCUT2D eigenvalue weighted by atomic mass is 19.1. The first-order chi connectivity index (χ1) is 8.01. The number of hydrogen-bond donors (Lipinski definition) is 1. The number of rotatable bonds is 4. The standard InChI is InChI=1S/C12H10FNO3/c1-8(7-14)17-11-5-9(2-3-12(15)16)4-10(13)6-11/h2-6,8H,1H3,(H,15,16)/b3-2+. The zero-order valence-electron chi connectivity index (χ0n) is 9.05. The predicted octanol–water partition coefficient (Wildman–Crippen LogP) is 2.21. The van der Waals surface area contributed by atoms with Crippen LogP contribution in [0.1, 0.15) is 12.5 Å². The number of aliphatic carboxylic acids is 1. The molecular formula is C12H10FNO3. The van der Waals surface area contributed by atoms with Crippen molar-refractivity contribution >= 4 is 12.0 Å². The molecule has 0 saturated heterocycles. The maximum absolute atomic E-state index is 13.2. The third kappa shape index (κ3) is 4.34. The second-order valence-corrected chi connectivity index (χ2v) is 3.28. The molecule has 0 bridgehead atoms. The van der Waals surface area contributed by atoms with Crippen molar-refractivity contribution in [1.29, 1.82) is 5.26 Å². The van der Waals surface area contributed by atoms with E-state index in [0.29, 0.717) is 5.56 Å². The fourth-order valence-electron chi connectivity index (χ4n) is 1.15. The fraction of sp³-hybridized carbons (Fsp3) is 0.167. The van der Waals surface area contributed by atoms with Crippen LogP contribution in [0.2, 0.25) is 0 Å². The van der Waals surface area contributed by atoms with Gasteiger partial charge in [-0.2, -0.15) is 5.26 Å². The zero-order valence-corrected chi connectivity index (χ0v) is 9.05. The first kappa shape index (κ1) is 12.7. The van der Waals surface area contributed by atoms with E-state index in [4.69, 9.17) is 15.1 Å². The van der Waals surface area contributed by atoms with E-state index in [-0.39, 0.29) is 5.75 Å². The van der Waals surface area contributed by atoms with Gasteiger partial charge in [0, 0.05) is 12.1 Å². The van der Waals surface area contributed by atoms with E-state index < -0.39 is 17.9 Å². The van der Waals surface area contributed by atoms with Crippen molar-refractivity contribution in [1.82, 2.24) is 0 Å². The smallest absolute Gasteiger partial charge is 0.328 e. The molecule has 1 unspecified atom stereocenters. The van der Waals surface area contributed by atoms with Gasteiger partial charge >= 0.3 is 5.97 Å². The van der Waals surface area contributed by atoms with E-state index in [9.17, 15) is 9.18 Å². The second kappa shape index (κ2) is 5.66. The van der Waals surface area contributed by atoms with Gasteiger partial charge in [0.2, 0.25) is 0 Å². The van der Waals surface area contributed by atoms with Gasteiger partial charge in [0.25, 0.3) is 0 Å². The summed E-state index contributed by atoms with van der Waals surface area (Å²) in [5, 5.41) is 17.0. The van der Waals surface area contributed by atoms with E-state index in [1.165, 1.54) is 25.1 Å². The Morgan fingerprint density at radius 3 is 2.88 bits per heavy atom. The van der Waals surface area contributed by atoms with Gasteiger partial charge in [0.1, 0.15) is 17.6 Å². The van der Waals surface area contributed by atoms with Crippen LogP contribution in [-0.4, -0.2) is 17.2 Å². The molecule has 17 heavy (non-hydrogen) atoms. The average Bonchev–Trinajstić information content (AvgIpc) is 2.25. The average molecular weight is 235 g/mol. The van der Waals surface area contributed by atoms with Gasteiger partial charge in [-0.3, -0.25) is 0 Å². The SMILES string of the molecule is CC(C#N)Oc1cc(F)cc(/C=C/C(=O)O)c1. The highest BCUT2D eigenvalue weighted by molar-refractivity contribution is 5.85. The van der Waals surface area contributed by atoms with Crippen LogP contribution in [0.5, 0.6) is 5.75 Å². The summed E-state index contributed by atoms with van der Waals surface area (Å²) in [6.45, 7) is 1.53. The van der Waals surface area contributed by atoms with Crippen LogP contribution < -0.4 is 4.74 Å². The lowest BCUT2D eigenvalue weighted by Gasteiger charge is -2.08. The van der Waals surface area contributed by atoms with Crippen molar-refractivity contribution in [2.24, 2.45) is 0 Å². The lowest BCUT2D eigenvalue weighted by Crippen LogP contribution is -2.08. The minimum absolute atomic E-state index is 0.184. The first-order valence-corrected chi connectivity index (χ1v) is 4.79. The first-order valence-electron chi connectivity index (χ1n) is 4.79. The van der Waals surface area contributed by atoms with E-state index >= 15 is 0 Å². The number of carboxylic acids is 1. The van der Waals surface area contributed by atoms with Crippen LogP contribution in [0.3, 0.4) is 0 Å². The number of benzene rings is 1. The molecule has 1 aromatic rings. The highest BCUT2D eigenvalue weighted by Crippen LogP contribution is 2.18. The van der Waals surface area contributed by atoms with Crippen LogP contribution >= 0.6 is 0 Å². The van der Waals surface area contributed by atoms with Crippen molar-refractivity contribution in [3.8, 4) is 11.8 Å². The number of nitrogens with zero attached hydrogens (tertiary/aromatic N) is 1. The summed E-state index contributed by atoms with van der Waals surface area (Å²) in [5.74, 6) is -1.50. The van der Waals surface area contributed by atoms with Gasteiger partial charge in [-0.05, 0) is 30.7 Å². The van der Waals surface area contributed by atoms with Crippen molar-refractivity contribution in [3.63, 3.8) is 0 Å². The highest BCUT2D eigenvalue weighted by Gasteiger charge is 2.04. The molecule has 0 saturated carbocycles. The molecule has 1 rings (SSSR count). The van der Waals surface area contributed by atoms with Gasteiger partial charge in [0.05, 0.1) is 0 Å². The van der Waals surface area contributed by atoms with Gasteiger partial charge in [-0.1, -0.05) is 0 Å². The molecule has 1 atom stereocenters. The van der Waals surface area contributed by atoms with Crippen LogP contribution in [0.25, 0.3) is 6.08 Å². The lowest BCUT2D eigenvalue weighted by molar-refractivity contribution is -0.131. The molecule has 4 nitrogen and oxygen atoms in total. The molecule has 1 aromatic carbocycles. The van der Waals surface area contributed by atoms with Crippen LogP contribution in [-0.2, 0) is 4.79 Å². The number of carbonyl (C=O) groups is 1. The van der Waals surface area contributed by atoms with Crippen molar-refractivity contribution < 1.29 is 19.0 Å².